The van der Waals surface area contributed by atoms with Crippen LogP contribution in [0.4, 0.5) is 5.69 Å². The molecule has 3 atom stereocenters. The van der Waals surface area contributed by atoms with E-state index in [0.717, 1.165) is 17.8 Å². The minimum absolute atomic E-state index is 0.835. The van der Waals surface area contributed by atoms with E-state index in [9.17, 15) is 0 Å². The number of nitrogens with zero attached hydrogens (tertiary/aromatic N) is 3. The van der Waals surface area contributed by atoms with Crippen LogP contribution in [0.25, 0.3) is 11.1 Å². The highest BCUT2D eigenvalue weighted by Crippen LogP contribution is 2.47. The monoisotopic (exact) mass is 395 g/mol. The first-order chi connectivity index (χ1) is 14.0. The normalized spacial score (nSPS) is 22.7. The lowest BCUT2D eigenvalue weighted by molar-refractivity contribution is 0.427. The van der Waals surface area contributed by atoms with Gasteiger partial charge in [-0.3, -0.25) is 4.68 Å². The van der Waals surface area contributed by atoms with Gasteiger partial charge in [-0.15, -0.1) is 0 Å². The summed E-state index contributed by atoms with van der Waals surface area (Å²) < 4.78 is 1.87. The van der Waals surface area contributed by atoms with Gasteiger partial charge in [-0.1, -0.05) is 65.4 Å². The van der Waals surface area contributed by atoms with Gasteiger partial charge >= 0.3 is 0 Å². The van der Waals surface area contributed by atoms with E-state index in [2.05, 4.69) is 62.2 Å². The topological polar surface area (TPSA) is 21.1 Å². The summed E-state index contributed by atoms with van der Waals surface area (Å²) >= 11 is 0. The Balaban J connectivity index is 0.000000258. The Morgan fingerprint density at radius 1 is 1.00 bits per heavy atom. The van der Waals surface area contributed by atoms with E-state index in [1.807, 2.05) is 17.9 Å². The smallest absolute Gasteiger partial charge is 0.0568 e. The van der Waals surface area contributed by atoms with Crippen molar-refractivity contribution >= 4 is 5.69 Å². The molecule has 1 aliphatic carbocycles. The predicted octanol–water partition coefficient (Wildman–Crippen LogP) is 6.72. The Morgan fingerprint density at radius 2 is 1.69 bits per heavy atom. The number of aryl methyl sites for hydroxylation is 1. The quantitative estimate of drug-likeness (QED) is 0.485. The lowest BCUT2D eigenvalue weighted by atomic mass is 9.87. The third-order valence-corrected chi connectivity index (χ3v) is 6.75. The molecule has 1 fully saturated rings. The molecule has 1 saturated carbocycles. The molecule has 0 spiro atoms. The molecule has 1 aromatic carbocycles. The molecule has 0 radical (unpaired) electrons. The van der Waals surface area contributed by atoms with Crippen LogP contribution in [0.2, 0.25) is 0 Å². The average Bonchev–Trinajstić information content (AvgIpc) is 3.29. The van der Waals surface area contributed by atoms with Gasteiger partial charge in [0, 0.05) is 38.1 Å². The van der Waals surface area contributed by atoms with Gasteiger partial charge < -0.3 is 4.90 Å². The molecule has 0 bridgehead atoms. The van der Waals surface area contributed by atoms with E-state index < -0.39 is 0 Å². The van der Waals surface area contributed by atoms with E-state index in [1.165, 1.54) is 80.3 Å². The van der Waals surface area contributed by atoms with Crippen LogP contribution < -0.4 is 4.90 Å². The summed E-state index contributed by atoms with van der Waals surface area (Å²) in [5, 5.41) is 4.29. The summed E-state index contributed by atoms with van der Waals surface area (Å²) in [5.41, 5.74) is 5.42. The van der Waals surface area contributed by atoms with E-state index in [4.69, 9.17) is 0 Å². The summed E-state index contributed by atoms with van der Waals surface area (Å²) in [5.74, 6) is 2.72. The van der Waals surface area contributed by atoms with Crippen molar-refractivity contribution in [3.8, 4) is 11.1 Å². The molecule has 0 amide bonds. The second-order valence-corrected chi connectivity index (χ2v) is 9.38. The zero-order valence-corrected chi connectivity index (χ0v) is 19.3. The van der Waals surface area contributed by atoms with Crippen molar-refractivity contribution in [3.05, 3.63) is 36.2 Å². The van der Waals surface area contributed by atoms with Crippen molar-refractivity contribution in [2.45, 2.75) is 72.1 Å². The number of hydrogen-bond acceptors (Lipinski definition) is 2. The zero-order chi connectivity index (χ0) is 20.8. The third-order valence-electron chi connectivity index (χ3n) is 6.75. The van der Waals surface area contributed by atoms with Crippen molar-refractivity contribution in [2.75, 3.05) is 18.5 Å². The SMILES string of the molecule is CC1CC1C1Cc2cc(-c3cnn(C)c3)ccc2N(C)C1.CCCCCCCC. The molecule has 3 heteroatoms. The van der Waals surface area contributed by atoms with Gasteiger partial charge in [0.05, 0.1) is 6.20 Å². The molecule has 4 rings (SSSR count). The van der Waals surface area contributed by atoms with Gasteiger partial charge in [0.15, 0.2) is 0 Å². The largest absolute Gasteiger partial charge is 0.374 e. The Bertz CT molecular complexity index is 757. The fraction of sp³-hybridized carbons (Fsp3) is 0.654. The summed E-state index contributed by atoms with van der Waals surface area (Å²) in [6.07, 6.45) is 15.2. The molecule has 160 valence electrons. The van der Waals surface area contributed by atoms with Crippen molar-refractivity contribution in [3.63, 3.8) is 0 Å². The Morgan fingerprint density at radius 3 is 2.24 bits per heavy atom. The molecule has 2 heterocycles. The van der Waals surface area contributed by atoms with Crippen LogP contribution in [0.1, 0.15) is 71.3 Å². The average molecular weight is 396 g/mol. The first-order valence-electron chi connectivity index (χ1n) is 11.9. The van der Waals surface area contributed by atoms with Crippen LogP contribution in [0.5, 0.6) is 0 Å². The first-order valence-corrected chi connectivity index (χ1v) is 11.9. The number of hydrogen-bond donors (Lipinski definition) is 0. The number of aromatic nitrogens is 2. The van der Waals surface area contributed by atoms with E-state index in [1.54, 1.807) is 0 Å². The molecule has 2 aromatic rings. The molecule has 1 aromatic heterocycles. The van der Waals surface area contributed by atoms with Gasteiger partial charge in [-0.05, 0) is 53.9 Å². The lowest BCUT2D eigenvalue weighted by Gasteiger charge is -2.34. The van der Waals surface area contributed by atoms with Crippen LogP contribution >= 0.6 is 0 Å². The predicted molar refractivity (Wildman–Crippen MR) is 125 cm³/mol. The summed E-state index contributed by atoms with van der Waals surface area (Å²) in [7, 11) is 4.21. The molecule has 29 heavy (non-hydrogen) atoms. The molecular weight excluding hydrogens is 354 g/mol. The maximum absolute atomic E-state index is 4.29. The van der Waals surface area contributed by atoms with Gasteiger partial charge in [0.1, 0.15) is 0 Å². The van der Waals surface area contributed by atoms with E-state index >= 15 is 0 Å². The van der Waals surface area contributed by atoms with Crippen molar-refractivity contribution in [2.24, 2.45) is 24.8 Å². The van der Waals surface area contributed by atoms with Crippen LogP contribution in [0.3, 0.4) is 0 Å². The molecule has 3 nitrogen and oxygen atoms in total. The Labute approximate surface area is 178 Å². The molecule has 1 aliphatic heterocycles. The van der Waals surface area contributed by atoms with Gasteiger partial charge in [0.2, 0.25) is 0 Å². The summed E-state index contributed by atoms with van der Waals surface area (Å²) in [6, 6.07) is 6.89. The summed E-state index contributed by atoms with van der Waals surface area (Å²) in [4.78, 5) is 2.45. The minimum atomic E-state index is 0.835. The first kappa shape index (κ1) is 21.9. The lowest BCUT2D eigenvalue weighted by Crippen LogP contribution is -2.33. The molecule has 2 aliphatic rings. The van der Waals surface area contributed by atoms with E-state index in [-0.39, 0.29) is 0 Å². The summed E-state index contributed by atoms with van der Waals surface area (Å²) in [6.45, 7) is 8.12. The van der Waals surface area contributed by atoms with Gasteiger partial charge in [-0.25, -0.2) is 0 Å². The van der Waals surface area contributed by atoms with Gasteiger partial charge in [-0.2, -0.15) is 5.10 Å². The maximum atomic E-state index is 4.29. The molecule has 3 unspecified atom stereocenters. The Hall–Kier alpha value is -1.77. The number of anilines is 1. The Kier molecular flexibility index (Phi) is 7.80. The third kappa shape index (κ3) is 5.87. The fourth-order valence-electron chi connectivity index (χ4n) is 4.82. The second kappa shape index (κ2) is 10.3. The number of fused-ring (bicyclic) bond motifs is 1. The highest BCUT2D eigenvalue weighted by Gasteiger charge is 2.41. The minimum Gasteiger partial charge on any atom is -0.374 e. The second-order valence-electron chi connectivity index (χ2n) is 9.38. The standard InChI is InChI=1S/C18H23N3.C8H18/c1-12-6-17(12)15-8-14-7-13(16-9-19-21(3)11-16)4-5-18(14)20(2)10-15;1-3-5-7-8-6-4-2/h4-5,7,9,11-12,15,17H,6,8,10H2,1-3H3;3-8H2,1-2H3. The highest BCUT2D eigenvalue weighted by molar-refractivity contribution is 5.69. The number of rotatable bonds is 7. The molecule has 0 N–H and O–H groups in total. The molecule has 0 saturated heterocycles. The molecular formula is C26H41N3. The van der Waals surface area contributed by atoms with Crippen molar-refractivity contribution in [1.82, 2.24) is 9.78 Å². The maximum Gasteiger partial charge on any atom is 0.0568 e. The van der Waals surface area contributed by atoms with Crippen LogP contribution in [0.15, 0.2) is 30.6 Å². The van der Waals surface area contributed by atoms with E-state index in [0.29, 0.717) is 0 Å². The van der Waals surface area contributed by atoms with Crippen LogP contribution in [-0.2, 0) is 13.5 Å². The number of benzene rings is 1. The number of unbranched alkanes of at least 4 members (excludes halogenated alkanes) is 5. The van der Waals surface area contributed by atoms with Crippen LogP contribution in [0, 0.1) is 17.8 Å². The van der Waals surface area contributed by atoms with Crippen molar-refractivity contribution in [1.29, 1.82) is 0 Å². The highest BCUT2D eigenvalue weighted by atomic mass is 15.2. The van der Waals surface area contributed by atoms with Crippen LogP contribution in [-0.4, -0.2) is 23.4 Å². The van der Waals surface area contributed by atoms with Gasteiger partial charge in [0.25, 0.3) is 0 Å². The zero-order valence-electron chi connectivity index (χ0n) is 19.3. The fourth-order valence-corrected chi connectivity index (χ4v) is 4.82. The van der Waals surface area contributed by atoms with Crippen molar-refractivity contribution < 1.29 is 0 Å².